The van der Waals surface area contributed by atoms with Crippen LogP contribution in [-0.2, 0) is 6.61 Å². The molecule has 2 heterocycles. The molecule has 5 nitrogen and oxygen atoms in total. The second kappa shape index (κ2) is 5.28. The number of pyridine rings is 1. The number of nitrogen functional groups attached to an aromatic ring is 1. The zero-order chi connectivity index (χ0) is 14.8. The standard InChI is InChI=1S/C16H15N3O2/c1-11-3-2-8-19-15(20)9-13(18-16(11)19)10-21-14-6-4-12(17)5-7-14/h2-9H,10,17H2,1H3. The van der Waals surface area contributed by atoms with E-state index in [4.69, 9.17) is 10.5 Å². The lowest BCUT2D eigenvalue weighted by molar-refractivity contribution is 0.301. The fraction of sp³-hybridized carbons (Fsp3) is 0.125. The third kappa shape index (κ3) is 2.72. The Morgan fingerprint density at radius 1 is 1.24 bits per heavy atom. The number of aromatic nitrogens is 2. The van der Waals surface area contributed by atoms with Crippen molar-refractivity contribution in [2.45, 2.75) is 13.5 Å². The van der Waals surface area contributed by atoms with E-state index in [1.165, 1.54) is 10.5 Å². The summed E-state index contributed by atoms with van der Waals surface area (Å²) < 4.78 is 7.15. The number of nitrogens with two attached hydrogens (primary N) is 1. The van der Waals surface area contributed by atoms with Crippen LogP contribution in [0.2, 0.25) is 0 Å². The van der Waals surface area contributed by atoms with E-state index < -0.39 is 0 Å². The first-order valence-corrected chi connectivity index (χ1v) is 6.60. The fourth-order valence-corrected chi connectivity index (χ4v) is 2.10. The second-order valence-corrected chi connectivity index (χ2v) is 4.83. The molecular formula is C16H15N3O2. The van der Waals surface area contributed by atoms with Gasteiger partial charge in [-0.2, -0.15) is 0 Å². The zero-order valence-electron chi connectivity index (χ0n) is 11.6. The Kier molecular flexibility index (Phi) is 3.31. The lowest BCUT2D eigenvalue weighted by Crippen LogP contribution is -2.16. The average molecular weight is 281 g/mol. The predicted molar refractivity (Wildman–Crippen MR) is 81.4 cm³/mol. The highest BCUT2D eigenvalue weighted by molar-refractivity contribution is 5.47. The van der Waals surface area contributed by atoms with Crippen LogP contribution in [0.25, 0.3) is 5.65 Å². The van der Waals surface area contributed by atoms with Gasteiger partial charge in [0.25, 0.3) is 5.56 Å². The maximum Gasteiger partial charge on any atom is 0.258 e. The predicted octanol–water partition coefficient (Wildman–Crippen LogP) is 2.16. The van der Waals surface area contributed by atoms with Crippen LogP contribution in [0.4, 0.5) is 5.69 Å². The van der Waals surface area contributed by atoms with E-state index in [0.29, 0.717) is 22.8 Å². The Hall–Kier alpha value is -2.82. The number of aryl methyl sites for hydroxylation is 1. The maximum absolute atomic E-state index is 12.1. The molecule has 3 rings (SSSR count). The van der Waals surface area contributed by atoms with Crippen molar-refractivity contribution in [2.75, 3.05) is 5.73 Å². The summed E-state index contributed by atoms with van der Waals surface area (Å²) in [6.45, 7) is 2.16. The third-order valence-corrected chi connectivity index (χ3v) is 3.21. The van der Waals surface area contributed by atoms with E-state index in [9.17, 15) is 4.79 Å². The first-order valence-electron chi connectivity index (χ1n) is 6.60. The lowest BCUT2D eigenvalue weighted by Gasteiger charge is -2.08. The van der Waals surface area contributed by atoms with Gasteiger partial charge in [0.15, 0.2) is 0 Å². The monoisotopic (exact) mass is 281 g/mol. The molecule has 2 N–H and O–H groups in total. The first kappa shape index (κ1) is 13.2. The first-order chi connectivity index (χ1) is 10.1. The minimum atomic E-state index is -0.111. The number of nitrogens with zero attached hydrogens (tertiary/aromatic N) is 2. The highest BCUT2D eigenvalue weighted by Crippen LogP contribution is 2.14. The largest absolute Gasteiger partial charge is 0.487 e. The summed E-state index contributed by atoms with van der Waals surface area (Å²) >= 11 is 0. The van der Waals surface area contributed by atoms with Crippen LogP contribution in [0.1, 0.15) is 11.3 Å². The molecule has 0 bridgehead atoms. The number of hydrogen-bond acceptors (Lipinski definition) is 4. The van der Waals surface area contributed by atoms with Crippen LogP contribution < -0.4 is 16.0 Å². The van der Waals surface area contributed by atoms with Gasteiger partial charge in [0, 0.05) is 18.0 Å². The Bertz CT molecular complexity index is 838. The molecule has 0 amide bonds. The molecule has 0 unspecified atom stereocenters. The van der Waals surface area contributed by atoms with Crippen molar-refractivity contribution in [3.63, 3.8) is 0 Å². The Balaban J connectivity index is 1.89. The molecule has 0 aliphatic rings. The van der Waals surface area contributed by atoms with Gasteiger partial charge in [-0.25, -0.2) is 4.98 Å². The summed E-state index contributed by atoms with van der Waals surface area (Å²) in [6, 6.07) is 12.3. The van der Waals surface area contributed by atoms with Crippen LogP contribution in [0, 0.1) is 6.92 Å². The molecule has 1 aromatic carbocycles. The third-order valence-electron chi connectivity index (χ3n) is 3.21. The van der Waals surface area contributed by atoms with Crippen LogP contribution in [0.5, 0.6) is 5.75 Å². The van der Waals surface area contributed by atoms with Crippen molar-refractivity contribution in [3.8, 4) is 5.75 Å². The molecule has 0 aliphatic heterocycles. The molecule has 2 aromatic heterocycles. The van der Waals surface area contributed by atoms with E-state index in [0.717, 1.165) is 5.56 Å². The molecule has 0 saturated heterocycles. The minimum Gasteiger partial charge on any atom is -0.487 e. The fourth-order valence-electron chi connectivity index (χ4n) is 2.10. The van der Waals surface area contributed by atoms with Crippen molar-refractivity contribution in [1.29, 1.82) is 0 Å². The highest BCUT2D eigenvalue weighted by atomic mass is 16.5. The van der Waals surface area contributed by atoms with Gasteiger partial charge in [-0.05, 0) is 42.8 Å². The molecule has 106 valence electrons. The molecule has 0 spiro atoms. The van der Waals surface area contributed by atoms with Crippen LogP contribution >= 0.6 is 0 Å². The average Bonchev–Trinajstić information content (AvgIpc) is 2.48. The van der Waals surface area contributed by atoms with Crippen molar-refractivity contribution in [2.24, 2.45) is 0 Å². The second-order valence-electron chi connectivity index (χ2n) is 4.83. The topological polar surface area (TPSA) is 69.6 Å². The lowest BCUT2D eigenvalue weighted by atomic mass is 10.3. The van der Waals surface area contributed by atoms with Crippen molar-refractivity contribution in [1.82, 2.24) is 9.38 Å². The van der Waals surface area contributed by atoms with E-state index in [2.05, 4.69) is 4.98 Å². The highest BCUT2D eigenvalue weighted by Gasteiger charge is 2.05. The molecule has 0 saturated carbocycles. The zero-order valence-corrected chi connectivity index (χ0v) is 11.6. The molecule has 0 fully saturated rings. The van der Waals surface area contributed by atoms with Crippen LogP contribution in [-0.4, -0.2) is 9.38 Å². The molecule has 5 heteroatoms. The number of ether oxygens (including phenoxy) is 1. The van der Waals surface area contributed by atoms with E-state index >= 15 is 0 Å². The van der Waals surface area contributed by atoms with E-state index in [-0.39, 0.29) is 12.2 Å². The van der Waals surface area contributed by atoms with Crippen molar-refractivity contribution >= 4 is 11.3 Å². The summed E-state index contributed by atoms with van der Waals surface area (Å²) in [6.07, 6.45) is 1.71. The molecule has 0 aliphatic carbocycles. The molecule has 0 radical (unpaired) electrons. The van der Waals surface area contributed by atoms with Crippen LogP contribution in [0.3, 0.4) is 0 Å². The smallest absolute Gasteiger partial charge is 0.258 e. The number of fused-ring (bicyclic) bond motifs is 1. The number of rotatable bonds is 3. The number of anilines is 1. The van der Waals surface area contributed by atoms with Gasteiger partial charge in [0.2, 0.25) is 0 Å². The summed E-state index contributed by atoms with van der Waals surface area (Å²) in [5.74, 6) is 0.691. The Morgan fingerprint density at radius 2 is 2.00 bits per heavy atom. The van der Waals surface area contributed by atoms with Crippen molar-refractivity contribution in [3.05, 3.63) is 70.3 Å². The normalized spacial score (nSPS) is 10.7. The van der Waals surface area contributed by atoms with Gasteiger partial charge in [-0.15, -0.1) is 0 Å². The van der Waals surface area contributed by atoms with Gasteiger partial charge in [-0.1, -0.05) is 6.07 Å². The summed E-state index contributed by atoms with van der Waals surface area (Å²) in [7, 11) is 0. The van der Waals surface area contributed by atoms with Crippen LogP contribution in [0.15, 0.2) is 53.5 Å². The number of benzene rings is 1. The molecule has 3 aromatic rings. The molecule has 0 atom stereocenters. The van der Waals surface area contributed by atoms with Gasteiger partial charge in [0.1, 0.15) is 18.0 Å². The van der Waals surface area contributed by atoms with Gasteiger partial charge >= 0.3 is 0 Å². The quantitative estimate of drug-likeness (QED) is 0.747. The van der Waals surface area contributed by atoms with Gasteiger partial charge in [-0.3, -0.25) is 9.20 Å². The number of hydrogen-bond donors (Lipinski definition) is 1. The van der Waals surface area contributed by atoms with E-state index in [1.807, 2.05) is 19.1 Å². The van der Waals surface area contributed by atoms with Gasteiger partial charge < -0.3 is 10.5 Å². The summed E-state index contributed by atoms with van der Waals surface area (Å²) in [4.78, 5) is 16.5. The SMILES string of the molecule is Cc1cccn2c(=O)cc(COc3ccc(N)cc3)nc12. The Morgan fingerprint density at radius 3 is 2.76 bits per heavy atom. The minimum absolute atomic E-state index is 0.111. The van der Waals surface area contributed by atoms with Crippen molar-refractivity contribution < 1.29 is 4.74 Å². The summed E-state index contributed by atoms with van der Waals surface area (Å²) in [5, 5.41) is 0. The Labute approximate surface area is 121 Å². The molecule has 21 heavy (non-hydrogen) atoms. The van der Waals surface area contributed by atoms with Gasteiger partial charge in [0.05, 0.1) is 5.69 Å². The molecular weight excluding hydrogens is 266 g/mol. The van der Waals surface area contributed by atoms with E-state index in [1.54, 1.807) is 30.5 Å². The maximum atomic E-state index is 12.1. The summed E-state index contributed by atoms with van der Waals surface area (Å²) in [5.41, 5.74) is 8.39.